The number of anilines is 1. The molecular formula is C16H12FN3S2. The molecule has 2 aromatic carbocycles. The van der Waals surface area contributed by atoms with Crippen LogP contribution in [0.3, 0.4) is 0 Å². The number of nitrogens with zero attached hydrogens (tertiary/aromatic N) is 2. The van der Waals surface area contributed by atoms with Crippen LogP contribution < -0.4 is 5.43 Å². The van der Waals surface area contributed by atoms with Crippen molar-refractivity contribution in [2.24, 2.45) is 5.10 Å². The van der Waals surface area contributed by atoms with Gasteiger partial charge in [0.05, 0.1) is 15.9 Å². The molecule has 2 heterocycles. The number of hydrazone groups is 1. The number of rotatable bonds is 2. The van der Waals surface area contributed by atoms with E-state index in [1.807, 2.05) is 30.3 Å². The standard InChI is InChI=1S/C16H12FN3S2/c17-10-5-6-14-11(9-10)12(7-8-21-14)19-20-16-18-13-3-1-2-4-15(13)22-16/h1-6,9H,7-8H2,(H,18,20)/b19-12-. The van der Waals surface area contributed by atoms with Crippen molar-refractivity contribution >= 4 is 44.2 Å². The number of hydrogen-bond acceptors (Lipinski definition) is 5. The van der Waals surface area contributed by atoms with Crippen molar-refractivity contribution in [3.63, 3.8) is 0 Å². The lowest BCUT2D eigenvalue weighted by atomic mass is 10.1. The third-order valence-corrected chi connectivity index (χ3v) is 5.45. The summed E-state index contributed by atoms with van der Waals surface area (Å²) >= 11 is 3.30. The third-order valence-electron chi connectivity index (χ3n) is 3.43. The molecule has 0 saturated heterocycles. The maximum Gasteiger partial charge on any atom is 0.204 e. The molecule has 1 aliphatic rings. The van der Waals surface area contributed by atoms with Crippen LogP contribution in [0.1, 0.15) is 12.0 Å². The fraction of sp³-hybridized carbons (Fsp3) is 0.125. The van der Waals surface area contributed by atoms with Gasteiger partial charge in [-0.05, 0) is 30.3 Å². The van der Waals surface area contributed by atoms with Gasteiger partial charge in [-0.1, -0.05) is 23.5 Å². The molecule has 0 bridgehead atoms. The molecule has 0 unspecified atom stereocenters. The highest BCUT2D eigenvalue weighted by Crippen LogP contribution is 2.31. The summed E-state index contributed by atoms with van der Waals surface area (Å²) in [5.74, 6) is 0.729. The number of thiazole rings is 1. The Bertz CT molecular complexity index is 840. The minimum Gasteiger partial charge on any atom is -0.252 e. The smallest absolute Gasteiger partial charge is 0.204 e. The van der Waals surface area contributed by atoms with Gasteiger partial charge in [0.25, 0.3) is 0 Å². The largest absolute Gasteiger partial charge is 0.252 e. The lowest BCUT2D eigenvalue weighted by Gasteiger charge is -2.17. The molecule has 0 fully saturated rings. The lowest BCUT2D eigenvalue weighted by molar-refractivity contribution is 0.626. The molecule has 1 aliphatic heterocycles. The van der Waals surface area contributed by atoms with Crippen molar-refractivity contribution in [3.8, 4) is 0 Å². The minimum atomic E-state index is -0.228. The van der Waals surface area contributed by atoms with Crippen LogP contribution in [0, 0.1) is 5.82 Å². The zero-order valence-corrected chi connectivity index (χ0v) is 13.2. The van der Waals surface area contributed by atoms with Gasteiger partial charge in [0, 0.05) is 22.6 Å². The first-order valence-corrected chi connectivity index (χ1v) is 8.71. The number of para-hydroxylation sites is 1. The van der Waals surface area contributed by atoms with Gasteiger partial charge in [-0.25, -0.2) is 9.37 Å². The van der Waals surface area contributed by atoms with Crippen molar-refractivity contribution in [1.82, 2.24) is 4.98 Å². The molecule has 6 heteroatoms. The monoisotopic (exact) mass is 329 g/mol. The summed E-state index contributed by atoms with van der Waals surface area (Å²) in [6.07, 6.45) is 0.818. The summed E-state index contributed by atoms with van der Waals surface area (Å²) in [6, 6.07) is 12.8. The zero-order valence-electron chi connectivity index (χ0n) is 11.5. The van der Waals surface area contributed by atoms with E-state index in [1.54, 1.807) is 29.2 Å². The SMILES string of the molecule is Fc1ccc2c(c1)/C(=N\Nc1nc3ccccc3s1)CCS2. The van der Waals surface area contributed by atoms with Gasteiger partial charge in [0.2, 0.25) is 5.13 Å². The van der Waals surface area contributed by atoms with Crippen molar-refractivity contribution in [3.05, 3.63) is 53.8 Å². The Morgan fingerprint density at radius 1 is 1.18 bits per heavy atom. The van der Waals surface area contributed by atoms with E-state index < -0.39 is 0 Å². The summed E-state index contributed by atoms with van der Waals surface area (Å²) in [5, 5.41) is 5.22. The van der Waals surface area contributed by atoms with Gasteiger partial charge in [-0.3, -0.25) is 5.43 Å². The predicted molar refractivity (Wildman–Crippen MR) is 91.5 cm³/mol. The van der Waals surface area contributed by atoms with Gasteiger partial charge in [-0.15, -0.1) is 11.8 Å². The van der Waals surface area contributed by atoms with Crippen LogP contribution >= 0.6 is 23.1 Å². The Labute approximate surface area is 135 Å². The molecule has 0 radical (unpaired) electrons. The molecule has 3 nitrogen and oxygen atoms in total. The summed E-state index contributed by atoms with van der Waals surface area (Å²) in [6.45, 7) is 0. The number of hydrogen-bond donors (Lipinski definition) is 1. The number of thioether (sulfide) groups is 1. The fourth-order valence-corrected chi connectivity index (χ4v) is 4.22. The Balaban J connectivity index is 1.65. The third kappa shape index (κ3) is 2.60. The average Bonchev–Trinajstić information content (AvgIpc) is 2.95. The number of benzene rings is 2. The van der Waals surface area contributed by atoms with Crippen LogP contribution in [-0.4, -0.2) is 16.4 Å². The Morgan fingerprint density at radius 2 is 2.09 bits per heavy atom. The second kappa shape index (κ2) is 5.70. The highest BCUT2D eigenvalue weighted by molar-refractivity contribution is 7.99. The summed E-state index contributed by atoms with van der Waals surface area (Å²) in [7, 11) is 0. The van der Waals surface area contributed by atoms with E-state index in [0.717, 1.165) is 43.7 Å². The highest BCUT2D eigenvalue weighted by Gasteiger charge is 2.17. The molecule has 1 aromatic heterocycles. The van der Waals surface area contributed by atoms with Crippen LogP contribution in [0.4, 0.5) is 9.52 Å². The van der Waals surface area contributed by atoms with Crippen LogP contribution in [0.15, 0.2) is 52.5 Å². The van der Waals surface area contributed by atoms with E-state index in [4.69, 9.17) is 0 Å². The van der Waals surface area contributed by atoms with Crippen molar-refractivity contribution in [1.29, 1.82) is 0 Å². The molecule has 0 saturated carbocycles. The Kier molecular flexibility index (Phi) is 3.56. The lowest BCUT2D eigenvalue weighted by Crippen LogP contribution is -2.12. The number of nitrogens with one attached hydrogen (secondary N) is 1. The summed E-state index contributed by atoms with van der Waals surface area (Å²) < 4.78 is 14.6. The topological polar surface area (TPSA) is 37.3 Å². The van der Waals surface area contributed by atoms with Gasteiger partial charge in [0.15, 0.2) is 0 Å². The van der Waals surface area contributed by atoms with Gasteiger partial charge in [-0.2, -0.15) is 5.10 Å². The van der Waals surface area contributed by atoms with Crippen LogP contribution in [0.5, 0.6) is 0 Å². The molecule has 1 N–H and O–H groups in total. The molecule has 0 amide bonds. The normalized spacial score (nSPS) is 16.0. The maximum atomic E-state index is 13.5. The summed E-state index contributed by atoms with van der Waals surface area (Å²) in [4.78, 5) is 5.57. The van der Waals surface area contributed by atoms with E-state index >= 15 is 0 Å². The van der Waals surface area contributed by atoms with Gasteiger partial charge >= 0.3 is 0 Å². The molecular weight excluding hydrogens is 317 g/mol. The number of fused-ring (bicyclic) bond motifs is 2. The Morgan fingerprint density at radius 3 is 3.00 bits per heavy atom. The van der Waals surface area contributed by atoms with E-state index in [9.17, 15) is 4.39 Å². The van der Waals surface area contributed by atoms with Crippen molar-refractivity contribution in [2.75, 3.05) is 11.2 Å². The first kappa shape index (κ1) is 13.7. The van der Waals surface area contributed by atoms with Crippen molar-refractivity contribution < 1.29 is 4.39 Å². The van der Waals surface area contributed by atoms with Crippen LogP contribution in [0.25, 0.3) is 10.2 Å². The van der Waals surface area contributed by atoms with E-state index in [2.05, 4.69) is 15.5 Å². The van der Waals surface area contributed by atoms with Crippen LogP contribution in [-0.2, 0) is 0 Å². The van der Waals surface area contributed by atoms with Crippen LogP contribution in [0.2, 0.25) is 0 Å². The predicted octanol–water partition coefficient (Wildman–Crippen LogP) is 4.75. The Hall–Kier alpha value is -1.92. The first-order chi connectivity index (χ1) is 10.8. The maximum absolute atomic E-state index is 13.5. The summed E-state index contributed by atoms with van der Waals surface area (Å²) in [5.41, 5.74) is 5.75. The molecule has 110 valence electrons. The minimum absolute atomic E-state index is 0.228. The molecule has 0 atom stereocenters. The fourth-order valence-electron chi connectivity index (χ4n) is 2.40. The second-order valence-electron chi connectivity index (χ2n) is 4.90. The van der Waals surface area contributed by atoms with Gasteiger partial charge < -0.3 is 0 Å². The quantitative estimate of drug-likeness (QED) is 0.690. The van der Waals surface area contributed by atoms with E-state index in [-0.39, 0.29) is 5.82 Å². The molecule has 0 aliphatic carbocycles. The highest BCUT2D eigenvalue weighted by atomic mass is 32.2. The molecule has 3 aromatic rings. The first-order valence-electron chi connectivity index (χ1n) is 6.90. The van der Waals surface area contributed by atoms with Crippen molar-refractivity contribution in [2.45, 2.75) is 11.3 Å². The molecule has 22 heavy (non-hydrogen) atoms. The molecule has 4 rings (SSSR count). The van der Waals surface area contributed by atoms with E-state index in [0.29, 0.717) is 0 Å². The molecule has 0 spiro atoms. The van der Waals surface area contributed by atoms with E-state index in [1.165, 1.54) is 6.07 Å². The number of aromatic nitrogens is 1. The second-order valence-corrected chi connectivity index (χ2v) is 7.06. The average molecular weight is 329 g/mol. The number of halogens is 1. The van der Waals surface area contributed by atoms with Gasteiger partial charge in [0.1, 0.15) is 5.82 Å². The zero-order chi connectivity index (χ0) is 14.9.